The lowest BCUT2D eigenvalue weighted by atomic mass is 9.99. The van der Waals surface area contributed by atoms with Gasteiger partial charge in [-0.3, -0.25) is 0 Å². The molecule has 0 spiro atoms. The van der Waals surface area contributed by atoms with E-state index >= 15 is 4.39 Å². The molecule has 0 bridgehead atoms. The summed E-state index contributed by atoms with van der Waals surface area (Å²) in [7, 11) is -3.04. The predicted octanol–water partition coefficient (Wildman–Crippen LogP) is 2.43. The Labute approximate surface area is 168 Å². The van der Waals surface area contributed by atoms with Crippen molar-refractivity contribution in [2.45, 2.75) is 42.1 Å². The number of ether oxygens (including phenoxy) is 1. The number of methoxy groups -OCH3 is 1. The van der Waals surface area contributed by atoms with Crippen LogP contribution in [0.25, 0.3) is 0 Å². The number of hydrogen-bond acceptors (Lipinski definition) is 7. The Morgan fingerprint density at radius 2 is 2.07 bits per heavy atom. The quantitative estimate of drug-likeness (QED) is 0.785. The van der Waals surface area contributed by atoms with Crippen LogP contribution in [-0.4, -0.2) is 59.2 Å². The highest BCUT2D eigenvalue weighted by molar-refractivity contribution is 7.92. The van der Waals surface area contributed by atoms with E-state index in [2.05, 4.69) is 20.5 Å². The van der Waals surface area contributed by atoms with E-state index < -0.39 is 26.9 Å². The van der Waals surface area contributed by atoms with E-state index in [1.165, 1.54) is 42.6 Å². The summed E-state index contributed by atoms with van der Waals surface area (Å²) in [5, 5.41) is 7.21. The molecule has 0 aromatic carbocycles. The van der Waals surface area contributed by atoms with Crippen LogP contribution in [0, 0.1) is 0 Å². The Hall–Kier alpha value is -2.82. The Kier molecular flexibility index (Phi) is 5.96. The average Bonchev–Trinajstić information content (AvgIpc) is 2.74. The van der Waals surface area contributed by atoms with E-state index in [1.807, 2.05) is 0 Å². The summed E-state index contributed by atoms with van der Waals surface area (Å²) in [4.78, 5) is 17.6. The third-order valence-corrected chi connectivity index (χ3v) is 7.13. The molecular weight excluding hydrogens is 401 g/mol. The zero-order chi connectivity index (χ0) is 21.1. The highest BCUT2D eigenvalue weighted by Crippen LogP contribution is 2.37. The van der Waals surface area contributed by atoms with Crippen molar-refractivity contribution in [3.05, 3.63) is 36.8 Å². The molecule has 156 valence electrons. The summed E-state index contributed by atoms with van der Waals surface area (Å²) in [5.41, 5.74) is 0.386. The number of carbonyl (C=O) groups excluding carboxylic acids is 1. The number of hydrogen-bond donors (Lipinski definition) is 1. The molecule has 1 N–H and O–H groups in total. The molecule has 1 fully saturated rings. The van der Waals surface area contributed by atoms with Crippen LogP contribution in [0.4, 0.5) is 14.9 Å². The van der Waals surface area contributed by atoms with Gasteiger partial charge >= 0.3 is 6.03 Å². The number of nitrogens with zero attached hydrogens (tertiary/aromatic N) is 4. The molecule has 3 heterocycles. The maximum atomic E-state index is 15.9. The van der Waals surface area contributed by atoms with E-state index in [4.69, 9.17) is 4.74 Å². The van der Waals surface area contributed by atoms with E-state index in [9.17, 15) is 13.2 Å². The van der Waals surface area contributed by atoms with Crippen molar-refractivity contribution >= 4 is 21.6 Å². The number of anilines is 1. The van der Waals surface area contributed by atoms with E-state index in [0.29, 0.717) is 18.5 Å². The minimum atomic E-state index is -4.43. The first kappa shape index (κ1) is 20.9. The smallest absolute Gasteiger partial charge is 0.322 e. The number of alkyl halides is 1. The molecule has 1 aliphatic heterocycles. The maximum absolute atomic E-state index is 15.9. The number of rotatable bonds is 5. The van der Waals surface area contributed by atoms with Crippen molar-refractivity contribution in [2.75, 3.05) is 19.0 Å². The van der Waals surface area contributed by atoms with Crippen LogP contribution in [0.5, 0.6) is 5.88 Å². The van der Waals surface area contributed by atoms with Gasteiger partial charge in [0.05, 0.1) is 36.1 Å². The summed E-state index contributed by atoms with van der Waals surface area (Å²) in [5.74, 6) is 0.217. The van der Waals surface area contributed by atoms with Crippen molar-refractivity contribution in [3.8, 4) is 5.88 Å². The zero-order valence-corrected chi connectivity index (χ0v) is 16.9. The second kappa shape index (κ2) is 8.27. The van der Waals surface area contributed by atoms with Gasteiger partial charge in [0, 0.05) is 18.8 Å². The van der Waals surface area contributed by atoms with Crippen molar-refractivity contribution < 1.29 is 22.3 Å². The van der Waals surface area contributed by atoms with Gasteiger partial charge in [0.15, 0.2) is 0 Å². The number of piperidine rings is 1. The maximum Gasteiger partial charge on any atom is 0.322 e. The topological polar surface area (TPSA) is 114 Å². The molecule has 2 aromatic rings. The average molecular weight is 423 g/mol. The van der Waals surface area contributed by atoms with Crippen molar-refractivity contribution in [2.24, 2.45) is 0 Å². The zero-order valence-electron chi connectivity index (χ0n) is 16.1. The lowest BCUT2D eigenvalue weighted by molar-refractivity contribution is 0.0884. The first-order chi connectivity index (χ1) is 13.8. The SMILES string of the molecule is COc1ccc(S(=O)(=O)C(C)(F)C2CCCCN2C(=O)Nc2ccnnc2)cn1. The highest BCUT2D eigenvalue weighted by Gasteiger charge is 2.52. The minimum Gasteiger partial charge on any atom is -0.481 e. The number of halogens is 1. The van der Waals surface area contributed by atoms with Gasteiger partial charge in [0.25, 0.3) is 0 Å². The predicted molar refractivity (Wildman–Crippen MR) is 103 cm³/mol. The van der Waals surface area contributed by atoms with E-state index in [1.54, 1.807) is 0 Å². The van der Waals surface area contributed by atoms with Gasteiger partial charge in [-0.05, 0) is 38.3 Å². The highest BCUT2D eigenvalue weighted by atomic mass is 32.2. The van der Waals surface area contributed by atoms with Crippen LogP contribution in [-0.2, 0) is 9.84 Å². The number of sulfone groups is 1. The van der Waals surface area contributed by atoms with E-state index in [0.717, 1.165) is 13.1 Å². The first-order valence-corrected chi connectivity index (χ1v) is 10.5. The third-order valence-electron chi connectivity index (χ3n) is 4.95. The molecule has 2 amide bonds. The van der Waals surface area contributed by atoms with Crippen LogP contribution < -0.4 is 10.1 Å². The summed E-state index contributed by atoms with van der Waals surface area (Å²) in [6, 6.07) is 2.39. The normalized spacial score (nSPS) is 19.3. The van der Waals surface area contributed by atoms with Crippen LogP contribution >= 0.6 is 0 Å². The van der Waals surface area contributed by atoms with Gasteiger partial charge in [0.1, 0.15) is 0 Å². The fraction of sp³-hybridized carbons (Fsp3) is 0.444. The van der Waals surface area contributed by atoms with Crippen molar-refractivity contribution in [1.82, 2.24) is 20.1 Å². The van der Waals surface area contributed by atoms with Gasteiger partial charge in [-0.1, -0.05) is 0 Å². The molecule has 9 nitrogen and oxygen atoms in total. The molecule has 11 heteroatoms. The summed E-state index contributed by atoms with van der Waals surface area (Å²) < 4.78 is 46.9. The molecule has 1 saturated heterocycles. The molecule has 2 aromatic heterocycles. The largest absolute Gasteiger partial charge is 0.481 e. The Balaban J connectivity index is 1.88. The van der Waals surface area contributed by atoms with Crippen LogP contribution in [0.15, 0.2) is 41.7 Å². The Morgan fingerprint density at radius 1 is 1.28 bits per heavy atom. The first-order valence-electron chi connectivity index (χ1n) is 9.05. The third kappa shape index (κ3) is 4.14. The number of amides is 2. The number of likely N-dealkylation sites (tertiary alicyclic amines) is 1. The van der Waals surface area contributed by atoms with Gasteiger partial charge < -0.3 is 15.0 Å². The fourth-order valence-electron chi connectivity index (χ4n) is 3.33. The second-order valence-electron chi connectivity index (χ2n) is 6.79. The number of pyridine rings is 1. The van der Waals surface area contributed by atoms with Crippen LogP contribution in [0.1, 0.15) is 26.2 Å². The summed E-state index contributed by atoms with van der Waals surface area (Å²) in [6.07, 6.45) is 5.30. The van der Waals surface area contributed by atoms with Crippen molar-refractivity contribution in [3.63, 3.8) is 0 Å². The lowest BCUT2D eigenvalue weighted by Crippen LogP contribution is -2.57. The molecule has 0 aliphatic carbocycles. The fourth-order valence-corrected chi connectivity index (χ4v) is 4.83. The number of urea groups is 1. The van der Waals surface area contributed by atoms with Crippen molar-refractivity contribution in [1.29, 1.82) is 0 Å². The minimum absolute atomic E-state index is 0.217. The molecule has 1 aliphatic rings. The number of carbonyl (C=O) groups is 1. The van der Waals surface area contributed by atoms with Gasteiger partial charge in [-0.25, -0.2) is 22.6 Å². The van der Waals surface area contributed by atoms with E-state index in [-0.39, 0.29) is 23.7 Å². The van der Waals surface area contributed by atoms with Crippen LogP contribution in [0.3, 0.4) is 0 Å². The molecule has 2 atom stereocenters. The molecule has 3 rings (SSSR count). The van der Waals surface area contributed by atoms with Gasteiger partial charge in [-0.2, -0.15) is 10.2 Å². The Bertz CT molecular complexity index is 954. The second-order valence-corrected chi connectivity index (χ2v) is 9.07. The number of aromatic nitrogens is 3. The monoisotopic (exact) mass is 423 g/mol. The molecule has 0 radical (unpaired) electrons. The molecule has 29 heavy (non-hydrogen) atoms. The van der Waals surface area contributed by atoms with Gasteiger partial charge in [0.2, 0.25) is 20.7 Å². The number of nitrogens with one attached hydrogen (secondary N) is 1. The molecule has 2 unspecified atom stereocenters. The summed E-state index contributed by atoms with van der Waals surface area (Å²) in [6.45, 7) is 1.24. The molecule has 0 saturated carbocycles. The summed E-state index contributed by atoms with van der Waals surface area (Å²) >= 11 is 0. The Morgan fingerprint density at radius 3 is 2.69 bits per heavy atom. The standard InChI is InChI=1S/C18H22FN5O4S/c1-18(19,29(26,27)14-6-7-16(28-2)20-12-14)15-5-3-4-10-24(15)17(25)23-13-8-9-21-22-11-13/h6-9,11-12,15H,3-5,10H2,1-2H3,(H,21,23,25). The molecular formula is C18H22FN5O4S. The lowest BCUT2D eigenvalue weighted by Gasteiger charge is -2.41. The van der Waals surface area contributed by atoms with Crippen LogP contribution in [0.2, 0.25) is 0 Å². The van der Waals surface area contributed by atoms with Gasteiger partial charge in [-0.15, -0.1) is 0 Å².